The largest absolute Gasteiger partial charge is 0.490 e. The Kier molecular flexibility index (Phi) is 7.14. The summed E-state index contributed by atoms with van der Waals surface area (Å²) in [6.07, 6.45) is 3.30. The van der Waals surface area contributed by atoms with E-state index in [2.05, 4.69) is 15.0 Å². The smallest absolute Gasteiger partial charge is 0.251 e. The first kappa shape index (κ1) is 23.7. The lowest BCUT2D eigenvalue weighted by Crippen LogP contribution is -2.27. The number of aryl methyl sites for hydroxylation is 1. The Morgan fingerprint density at radius 1 is 1.09 bits per heavy atom. The highest BCUT2D eigenvalue weighted by Crippen LogP contribution is 2.30. The lowest BCUT2D eigenvalue weighted by molar-refractivity contribution is 0.0950. The highest BCUT2D eigenvalue weighted by Gasteiger charge is 2.28. The molecular formula is C25H27N3O5S. The third kappa shape index (κ3) is 5.92. The van der Waals surface area contributed by atoms with Gasteiger partial charge in [0, 0.05) is 30.4 Å². The lowest BCUT2D eigenvalue weighted by Gasteiger charge is -2.12. The van der Waals surface area contributed by atoms with E-state index in [-0.39, 0.29) is 23.4 Å². The predicted octanol–water partition coefficient (Wildman–Crippen LogP) is 3.95. The van der Waals surface area contributed by atoms with Gasteiger partial charge in [-0.05, 0) is 62.1 Å². The van der Waals surface area contributed by atoms with E-state index in [1.165, 1.54) is 12.1 Å². The van der Waals surface area contributed by atoms with Crippen LogP contribution in [0.4, 0.5) is 0 Å². The minimum Gasteiger partial charge on any atom is -0.490 e. The Hall–Kier alpha value is -3.43. The minimum absolute atomic E-state index is 0.00400. The highest BCUT2D eigenvalue weighted by molar-refractivity contribution is 7.89. The van der Waals surface area contributed by atoms with Crippen LogP contribution >= 0.6 is 0 Å². The number of sulfonamides is 1. The van der Waals surface area contributed by atoms with Gasteiger partial charge in [-0.25, -0.2) is 18.1 Å². The van der Waals surface area contributed by atoms with Crippen LogP contribution in [-0.2, 0) is 16.6 Å². The maximum Gasteiger partial charge on any atom is 0.251 e. The highest BCUT2D eigenvalue weighted by atomic mass is 32.2. The van der Waals surface area contributed by atoms with Crippen molar-refractivity contribution in [1.82, 2.24) is 15.0 Å². The Bertz CT molecular complexity index is 1270. The van der Waals surface area contributed by atoms with Crippen molar-refractivity contribution in [3.8, 4) is 17.4 Å². The maximum absolute atomic E-state index is 12.8. The number of benzene rings is 2. The van der Waals surface area contributed by atoms with Crippen LogP contribution in [0.15, 0.2) is 65.7 Å². The van der Waals surface area contributed by atoms with E-state index in [0.29, 0.717) is 35.1 Å². The van der Waals surface area contributed by atoms with Crippen LogP contribution in [0.2, 0.25) is 0 Å². The van der Waals surface area contributed by atoms with Gasteiger partial charge in [-0.3, -0.25) is 4.79 Å². The third-order valence-corrected chi connectivity index (χ3v) is 6.80. The second-order valence-electron chi connectivity index (χ2n) is 8.04. The van der Waals surface area contributed by atoms with Gasteiger partial charge in [0.1, 0.15) is 0 Å². The van der Waals surface area contributed by atoms with E-state index in [1.807, 2.05) is 25.1 Å². The Morgan fingerprint density at radius 3 is 2.53 bits per heavy atom. The summed E-state index contributed by atoms with van der Waals surface area (Å²) >= 11 is 0. The van der Waals surface area contributed by atoms with E-state index in [9.17, 15) is 13.2 Å². The molecule has 34 heavy (non-hydrogen) atoms. The predicted molar refractivity (Wildman–Crippen MR) is 128 cm³/mol. The fourth-order valence-electron chi connectivity index (χ4n) is 3.28. The standard InChI is InChI=1S/C25H27N3O5S/c1-3-32-22-6-4-5-7-23(22)33-24-13-9-18(15-26-24)16-27-25(29)21-14-20(12-8-17(21)2)34(30,31)28-19-10-11-19/h4-9,12-15,19,28H,3,10-11,16H2,1-2H3,(H,27,29). The van der Waals surface area contributed by atoms with Crippen molar-refractivity contribution in [3.63, 3.8) is 0 Å². The fraction of sp³-hybridized carbons (Fsp3) is 0.280. The average molecular weight is 482 g/mol. The average Bonchev–Trinajstić information content (AvgIpc) is 3.63. The first-order chi connectivity index (χ1) is 16.4. The number of para-hydroxylation sites is 2. The number of ether oxygens (including phenoxy) is 2. The number of carbonyl (C=O) groups excluding carboxylic acids is 1. The summed E-state index contributed by atoms with van der Waals surface area (Å²) in [5.41, 5.74) is 1.78. The molecule has 8 nitrogen and oxygen atoms in total. The number of amides is 1. The van der Waals surface area contributed by atoms with E-state index in [1.54, 1.807) is 37.4 Å². The van der Waals surface area contributed by atoms with Crippen molar-refractivity contribution in [2.45, 2.75) is 44.2 Å². The van der Waals surface area contributed by atoms with Gasteiger partial charge in [0.15, 0.2) is 11.5 Å². The van der Waals surface area contributed by atoms with Crippen LogP contribution < -0.4 is 19.5 Å². The lowest BCUT2D eigenvalue weighted by atomic mass is 10.1. The van der Waals surface area contributed by atoms with Crippen molar-refractivity contribution < 1.29 is 22.7 Å². The zero-order valence-corrected chi connectivity index (χ0v) is 19.9. The van der Waals surface area contributed by atoms with Crippen LogP contribution in [0.5, 0.6) is 17.4 Å². The molecule has 1 aliphatic carbocycles. The van der Waals surface area contributed by atoms with Crippen molar-refractivity contribution in [2.24, 2.45) is 0 Å². The Morgan fingerprint density at radius 2 is 1.85 bits per heavy atom. The summed E-state index contributed by atoms with van der Waals surface area (Å²) in [5.74, 6) is 1.25. The van der Waals surface area contributed by atoms with E-state index >= 15 is 0 Å². The van der Waals surface area contributed by atoms with Gasteiger partial charge < -0.3 is 14.8 Å². The molecule has 1 heterocycles. The maximum atomic E-state index is 12.8. The van der Waals surface area contributed by atoms with Gasteiger partial charge in [-0.2, -0.15) is 0 Å². The zero-order chi connectivity index (χ0) is 24.1. The minimum atomic E-state index is -3.64. The molecule has 1 aliphatic rings. The molecule has 0 saturated heterocycles. The Labute approximate surface area is 199 Å². The summed E-state index contributed by atoms with van der Waals surface area (Å²) in [5, 5.41) is 2.83. The molecule has 1 saturated carbocycles. The number of rotatable bonds is 10. The molecule has 4 rings (SSSR count). The molecular weight excluding hydrogens is 454 g/mol. The molecule has 0 atom stereocenters. The van der Waals surface area contributed by atoms with Crippen LogP contribution in [0.25, 0.3) is 0 Å². The molecule has 3 aromatic rings. The summed E-state index contributed by atoms with van der Waals surface area (Å²) in [4.78, 5) is 17.2. The zero-order valence-electron chi connectivity index (χ0n) is 19.1. The molecule has 0 bridgehead atoms. The monoisotopic (exact) mass is 481 g/mol. The SMILES string of the molecule is CCOc1ccccc1Oc1ccc(CNC(=O)c2cc(S(=O)(=O)NC3CC3)ccc2C)cn1. The van der Waals surface area contributed by atoms with Crippen LogP contribution in [-0.4, -0.2) is 32.0 Å². The quantitative estimate of drug-likeness (QED) is 0.454. The molecule has 178 valence electrons. The summed E-state index contributed by atoms with van der Waals surface area (Å²) < 4.78 is 39.0. The first-order valence-corrected chi connectivity index (χ1v) is 12.6. The van der Waals surface area contributed by atoms with Gasteiger partial charge >= 0.3 is 0 Å². The van der Waals surface area contributed by atoms with Gasteiger partial charge in [0.25, 0.3) is 5.91 Å². The molecule has 1 fully saturated rings. The molecule has 2 N–H and O–H groups in total. The van der Waals surface area contributed by atoms with Crippen molar-refractivity contribution in [3.05, 3.63) is 77.5 Å². The van der Waals surface area contributed by atoms with Crippen LogP contribution in [0.1, 0.15) is 41.3 Å². The molecule has 2 aromatic carbocycles. The molecule has 1 amide bonds. The van der Waals surface area contributed by atoms with Crippen LogP contribution in [0.3, 0.4) is 0 Å². The number of pyridine rings is 1. The molecule has 9 heteroatoms. The van der Waals surface area contributed by atoms with Gasteiger partial charge in [-0.15, -0.1) is 0 Å². The van der Waals surface area contributed by atoms with Gasteiger partial charge in [0.2, 0.25) is 15.9 Å². The third-order valence-electron chi connectivity index (χ3n) is 5.28. The second-order valence-corrected chi connectivity index (χ2v) is 9.76. The van der Waals surface area contributed by atoms with Crippen molar-refractivity contribution >= 4 is 15.9 Å². The van der Waals surface area contributed by atoms with Crippen molar-refractivity contribution in [2.75, 3.05) is 6.61 Å². The summed E-state index contributed by atoms with van der Waals surface area (Å²) in [6.45, 7) is 4.43. The Balaban J connectivity index is 1.39. The van der Waals surface area contributed by atoms with E-state index in [4.69, 9.17) is 9.47 Å². The molecule has 0 aliphatic heterocycles. The molecule has 0 spiro atoms. The van der Waals surface area contributed by atoms with E-state index < -0.39 is 10.0 Å². The summed E-state index contributed by atoms with van der Waals surface area (Å²) in [6, 6.07) is 15.4. The molecule has 0 radical (unpaired) electrons. The number of hydrogen-bond acceptors (Lipinski definition) is 6. The summed E-state index contributed by atoms with van der Waals surface area (Å²) in [7, 11) is -3.64. The fourth-order valence-corrected chi connectivity index (χ4v) is 4.61. The first-order valence-electron chi connectivity index (χ1n) is 11.1. The van der Waals surface area contributed by atoms with E-state index in [0.717, 1.165) is 18.4 Å². The number of hydrogen-bond donors (Lipinski definition) is 2. The van der Waals surface area contributed by atoms with Crippen molar-refractivity contribution in [1.29, 1.82) is 0 Å². The second kappa shape index (κ2) is 10.2. The number of nitrogens with zero attached hydrogens (tertiary/aromatic N) is 1. The van der Waals surface area contributed by atoms with Gasteiger partial charge in [-0.1, -0.05) is 24.3 Å². The van der Waals surface area contributed by atoms with Gasteiger partial charge in [0.05, 0.1) is 11.5 Å². The normalized spacial score (nSPS) is 13.4. The molecule has 0 unspecified atom stereocenters. The number of aromatic nitrogens is 1. The number of carbonyl (C=O) groups is 1. The topological polar surface area (TPSA) is 107 Å². The number of nitrogens with one attached hydrogen (secondary N) is 2. The van der Waals surface area contributed by atoms with Crippen LogP contribution in [0, 0.1) is 6.92 Å². The molecule has 1 aromatic heterocycles.